The van der Waals surface area contributed by atoms with Gasteiger partial charge in [0.2, 0.25) is 0 Å². The highest BCUT2D eigenvalue weighted by Crippen LogP contribution is 2.25. The van der Waals surface area contributed by atoms with Gasteiger partial charge in [0.1, 0.15) is 4.88 Å². The maximum atomic E-state index is 12.5. The molecule has 0 saturated heterocycles. The minimum absolute atomic E-state index is 0.231. The second-order valence-corrected chi connectivity index (χ2v) is 7.02. The van der Waals surface area contributed by atoms with Crippen molar-refractivity contribution in [3.8, 4) is 0 Å². The van der Waals surface area contributed by atoms with Crippen LogP contribution in [0.1, 0.15) is 36.9 Å². The fourth-order valence-corrected chi connectivity index (χ4v) is 3.28. The number of hydrogen-bond donors (Lipinski definition) is 2. The molecular formula is C20H19N3O2S. The predicted octanol–water partition coefficient (Wildman–Crippen LogP) is 4.57. The van der Waals surface area contributed by atoms with E-state index in [2.05, 4.69) is 15.6 Å². The van der Waals surface area contributed by atoms with Crippen molar-refractivity contribution in [2.45, 2.75) is 20.8 Å². The average molecular weight is 365 g/mol. The number of nitrogens with zero attached hydrogens (tertiary/aromatic N) is 1. The quantitative estimate of drug-likeness (QED) is 0.711. The number of aryl methyl sites for hydroxylation is 3. The first-order chi connectivity index (χ1) is 12.4. The molecule has 0 saturated carbocycles. The summed E-state index contributed by atoms with van der Waals surface area (Å²) < 4.78 is 0. The maximum Gasteiger partial charge on any atom is 0.267 e. The highest BCUT2D eigenvalue weighted by molar-refractivity contribution is 7.17. The van der Waals surface area contributed by atoms with E-state index in [1.54, 1.807) is 19.1 Å². The fourth-order valence-electron chi connectivity index (χ4n) is 2.43. The number of rotatable bonds is 4. The number of anilines is 2. The summed E-state index contributed by atoms with van der Waals surface area (Å²) in [6, 6.07) is 14.9. The summed E-state index contributed by atoms with van der Waals surface area (Å²) >= 11 is 1.16. The lowest BCUT2D eigenvalue weighted by molar-refractivity contribution is 0.102. The molecule has 2 amide bonds. The largest absolute Gasteiger partial charge is 0.321 e. The molecule has 0 aliphatic rings. The predicted molar refractivity (Wildman–Crippen MR) is 105 cm³/mol. The van der Waals surface area contributed by atoms with Crippen LogP contribution in [-0.2, 0) is 0 Å². The fraction of sp³-hybridized carbons (Fsp3) is 0.150. The molecule has 0 fully saturated rings. The zero-order chi connectivity index (χ0) is 18.7. The molecule has 3 aromatic rings. The number of carbonyl (C=O) groups excluding carboxylic acids is 2. The third-order valence-corrected chi connectivity index (χ3v) is 5.00. The van der Waals surface area contributed by atoms with Crippen LogP contribution >= 0.6 is 11.3 Å². The zero-order valence-electron chi connectivity index (χ0n) is 14.8. The highest BCUT2D eigenvalue weighted by atomic mass is 32.1. The Morgan fingerprint density at radius 3 is 2.27 bits per heavy atom. The molecule has 0 spiro atoms. The molecule has 1 aromatic heterocycles. The first-order valence-corrected chi connectivity index (χ1v) is 8.98. The van der Waals surface area contributed by atoms with Crippen LogP contribution in [0.2, 0.25) is 0 Å². The van der Waals surface area contributed by atoms with Crippen LogP contribution in [0.4, 0.5) is 10.8 Å². The van der Waals surface area contributed by atoms with E-state index in [0.29, 0.717) is 21.3 Å². The topological polar surface area (TPSA) is 71.1 Å². The monoisotopic (exact) mass is 365 g/mol. The molecule has 0 unspecified atom stereocenters. The highest BCUT2D eigenvalue weighted by Gasteiger charge is 2.17. The molecule has 6 heteroatoms. The van der Waals surface area contributed by atoms with E-state index in [-0.39, 0.29) is 11.8 Å². The Morgan fingerprint density at radius 2 is 1.58 bits per heavy atom. The third kappa shape index (κ3) is 3.97. The molecule has 2 N–H and O–H groups in total. The van der Waals surface area contributed by atoms with E-state index in [0.717, 1.165) is 28.2 Å². The molecule has 5 nitrogen and oxygen atoms in total. The van der Waals surface area contributed by atoms with E-state index in [1.807, 2.05) is 50.2 Å². The van der Waals surface area contributed by atoms with Gasteiger partial charge in [0, 0.05) is 11.3 Å². The number of para-hydroxylation sites is 1. The van der Waals surface area contributed by atoms with Crippen LogP contribution in [0.3, 0.4) is 0 Å². The third-order valence-electron chi connectivity index (χ3n) is 3.93. The van der Waals surface area contributed by atoms with Gasteiger partial charge in [-0.2, -0.15) is 0 Å². The molecule has 3 rings (SSSR count). The molecule has 0 radical (unpaired) electrons. The van der Waals surface area contributed by atoms with Gasteiger partial charge in [-0.25, -0.2) is 4.98 Å². The first-order valence-electron chi connectivity index (χ1n) is 8.16. The van der Waals surface area contributed by atoms with Crippen LogP contribution in [0.5, 0.6) is 0 Å². The Kier molecular flexibility index (Phi) is 5.14. The summed E-state index contributed by atoms with van der Waals surface area (Å²) in [7, 11) is 0. The van der Waals surface area contributed by atoms with E-state index < -0.39 is 0 Å². The molecule has 1 heterocycles. The van der Waals surface area contributed by atoms with Crippen molar-refractivity contribution < 1.29 is 9.59 Å². The molecule has 0 atom stereocenters. The first kappa shape index (κ1) is 17.8. The van der Waals surface area contributed by atoms with Crippen molar-refractivity contribution in [1.82, 2.24) is 4.98 Å². The summed E-state index contributed by atoms with van der Waals surface area (Å²) in [6.07, 6.45) is 0. The lowest BCUT2D eigenvalue weighted by atomic mass is 10.1. The summed E-state index contributed by atoms with van der Waals surface area (Å²) in [5.41, 5.74) is 3.96. The van der Waals surface area contributed by atoms with Gasteiger partial charge in [0.15, 0.2) is 5.13 Å². The number of carbonyl (C=O) groups is 2. The standard InChI is InChI=1S/C20H19N3O2S/c1-12-8-10-15(11-9-12)18(24)23-20-21-14(3)17(26-20)19(25)22-16-7-5-4-6-13(16)2/h4-11H,1-3H3,(H,22,25)(H,21,23,24). The van der Waals surface area contributed by atoms with Crippen molar-refractivity contribution in [1.29, 1.82) is 0 Å². The number of hydrogen-bond acceptors (Lipinski definition) is 4. The van der Waals surface area contributed by atoms with Gasteiger partial charge in [-0.15, -0.1) is 0 Å². The molecule has 132 valence electrons. The average Bonchev–Trinajstić information content (AvgIpc) is 2.98. The number of amides is 2. The van der Waals surface area contributed by atoms with Crippen LogP contribution in [0.25, 0.3) is 0 Å². The van der Waals surface area contributed by atoms with Gasteiger partial charge in [-0.05, 0) is 44.5 Å². The van der Waals surface area contributed by atoms with E-state index in [9.17, 15) is 9.59 Å². The second-order valence-electron chi connectivity index (χ2n) is 6.02. The van der Waals surface area contributed by atoms with Crippen LogP contribution in [-0.4, -0.2) is 16.8 Å². The number of benzene rings is 2. The van der Waals surface area contributed by atoms with Crippen molar-refractivity contribution in [2.24, 2.45) is 0 Å². The van der Waals surface area contributed by atoms with E-state index >= 15 is 0 Å². The zero-order valence-corrected chi connectivity index (χ0v) is 15.6. The van der Waals surface area contributed by atoms with Crippen molar-refractivity contribution in [2.75, 3.05) is 10.6 Å². The minimum atomic E-state index is -0.246. The van der Waals surface area contributed by atoms with Crippen LogP contribution < -0.4 is 10.6 Å². The lowest BCUT2D eigenvalue weighted by Crippen LogP contribution is -2.12. The van der Waals surface area contributed by atoms with E-state index in [4.69, 9.17) is 0 Å². The SMILES string of the molecule is Cc1ccc(C(=O)Nc2nc(C)c(C(=O)Nc3ccccc3C)s2)cc1. The van der Waals surface area contributed by atoms with Gasteiger partial charge in [0.05, 0.1) is 5.69 Å². The van der Waals surface area contributed by atoms with Crippen molar-refractivity contribution in [3.05, 3.63) is 75.8 Å². The summed E-state index contributed by atoms with van der Waals surface area (Å²) in [4.78, 5) is 29.6. The molecule has 0 aliphatic carbocycles. The summed E-state index contributed by atoms with van der Waals surface area (Å²) in [5.74, 6) is -0.477. The summed E-state index contributed by atoms with van der Waals surface area (Å²) in [5, 5.41) is 6.05. The minimum Gasteiger partial charge on any atom is -0.321 e. The van der Waals surface area contributed by atoms with Gasteiger partial charge in [-0.1, -0.05) is 47.2 Å². The molecule has 2 aromatic carbocycles. The van der Waals surface area contributed by atoms with Gasteiger partial charge < -0.3 is 5.32 Å². The Labute approximate surface area is 156 Å². The Balaban J connectivity index is 1.74. The van der Waals surface area contributed by atoms with Gasteiger partial charge in [-0.3, -0.25) is 14.9 Å². The Morgan fingerprint density at radius 1 is 0.885 bits per heavy atom. The number of nitrogens with one attached hydrogen (secondary N) is 2. The Hall–Kier alpha value is -2.99. The van der Waals surface area contributed by atoms with E-state index in [1.165, 1.54) is 0 Å². The normalized spacial score (nSPS) is 10.4. The van der Waals surface area contributed by atoms with Gasteiger partial charge in [0.25, 0.3) is 11.8 Å². The number of thiazole rings is 1. The summed E-state index contributed by atoms with van der Waals surface area (Å²) in [6.45, 7) is 5.65. The molecule has 0 aliphatic heterocycles. The van der Waals surface area contributed by atoms with Crippen molar-refractivity contribution >= 4 is 34.0 Å². The second kappa shape index (κ2) is 7.49. The van der Waals surface area contributed by atoms with Crippen molar-refractivity contribution in [3.63, 3.8) is 0 Å². The Bertz CT molecular complexity index is 961. The van der Waals surface area contributed by atoms with Crippen LogP contribution in [0.15, 0.2) is 48.5 Å². The van der Waals surface area contributed by atoms with Gasteiger partial charge >= 0.3 is 0 Å². The molecular weight excluding hydrogens is 346 g/mol. The van der Waals surface area contributed by atoms with Crippen LogP contribution in [0, 0.1) is 20.8 Å². The maximum absolute atomic E-state index is 12.5. The smallest absolute Gasteiger partial charge is 0.267 e. The molecule has 26 heavy (non-hydrogen) atoms. The lowest BCUT2D eigenvalue weighted by Gasteiger charge is -2.06. The number of aromatic nitrogens is 1. The molecule has 0 bridgehead atoms.